The number of nitrogens with zero attached hydrogens (tertiary/aromatic N) is 3. The third-order valence-electron chi connectivity index (χ3n) is 2.27. The molecule has 0 aromatic carbocycles. The standard InChI is InChI=1S/C11H11N3/c1-8(2)10-3-4-14-7-9(5-12)6-13-11(10)14/h3-4,6-8H,1-2H3. The zero-order valence-electron chi connectivity index (χ0n) is 8.23. The minimum atomic E-state index is 0.459. The summed E-state index contributed by atoms with van der Waals surface area (Å²) in [5.41, 5.74) is 2.75. The van der Waals surface area contributed by atoms with Crippen molar-refractivity contribution in [3.63, 3.8) is 0 Å². The largest absolute Gasteiger partial charge is 0.307 e. The number of fused-ring (bicyclic) bond motifs is 1. The van der Waals surface area contributed by atoms with E-state index in [2.05, 4.69) is 24.9 Å². The Balaban J connectivity index is 2.67. The molecule has 0 atom stereocenters. The summed E-state index contributed by atoms with van der Waals surface area (Å²) in [6.07, 6.45) is 5.36. The summed E-state index contributed by atoms with van der Waals surface area (Å²) in [6, 6.07) is 4.12. The van der Waals surface area contributed by atoms with Crippen molar-refractivity contribution in [2.75, 3.05) is 0 Å². The third-order valence-corrected chi connectivity index (χ3v) is 2.27. The first-order chi connectivity index (χ1) is 6.72. The normalized spacial score (nSPS) is 10.7. The van der Waals surface area contributed by atoms with E-state index >= 15 is 0 Å². The van der Waals surface area contributed by atoms with Gasteiger partial charge in [0.15, 0.2) is 0 Å². The van der Waals surface area contributed by atoms with Crippen molar-refractivity contribution in [1.82, 2.24) is 9.38 Å². The van der Waals surface area contributed by atoms with Crippen molar-refractivity contribution in [3.8, 4) is 6.07 Å². The monoisotopic (exact) mass is 185 g/mol. The van der Waals surface area contributed by atoms with Crippen LogP contribution in [0, 0.1) is 11.3 Å². The minimum absolute atomic E-state index is 0.459. The Labute approximate surface area is 82.6 Å². The minimum Gasteiger partial charge on any atom is -0.307 e. The average molecular weight is 185 g/mol. The number of hydrogen-bond acceptors (Lipinski definition) is 2. The molecule has 2 heterocycles. The highest BCUT2D eigenvalue weighted by molar-refractivity contribution is 5.51. The molecule has 0 saturated carbocycles. The Morgan fingerprint density at radius 1 is 1.50 bits per heavy atom. The van der Waals surface area contributed by atoms with Crippen LogP contribution >= 0.6 is 0 Å². The Morgan fingerprint density at radius 3 is 2.93 bits per heavy atom. The maximum absolute atomic E-state index is 8.71. The number of nitriles is 1. The van der Waals surface area contributed by atoms with Crippen molar-refractivity contribution in [2.45, 2.75) is 19.8 Å². The molecule has 0 radical (unpaired) electrons. The lowest BCUT2D eigenvalue weighted by Crippen LogP contribution is -1.92. The van der Waals surface area contributed by atoms with Gasteiger partial charge >= 0.3 is 0 Å². The maximum Gasteiger partial charge on any atom is 0.140 e. The molecule has 0 aliphatic carbocycles. The molecular formula is C11H11N3. The lowest BCUT2D eigenvalue weighted by molar-refractivity contribution is 0.871. The van der Waals surface area contributed by atoms with Gasteiger partial charge in [0.2, 0.25) is 0 Å². The Kier molecular flexibility index (Phi) is 1.97. The van der Waals surface area contributed by atoms with E-state index in [4.69, 9.17) is 5.26 Å². The molecule has 0 fully saturated rings. The van der Waals surface area contributed by atoms with E-state index in [0.29, 0.717) is 11.5 Å². The molecule has 3 heteroatoms. The van der Waals surface area contributed by atoms with E-state index in [1.54, 1.807) is 12.4 Å². The predicted octanol–water partition coefficient (Wildman–Crippen LogP) is 2.33. The quantitative estimate of drug-likeness (QED) is 0.684. The van der Waals surface area contributed by atoms with Gasteiger partial charge in [0, 0.05) is 18.6 Å². The van der Waals surface area contributed by atoms with Gasteiger partial charge in [-0.2, -0.15) is 5.26 Å². The molecule has 0 aliphatic heterocycles. The fraction of sp³-hybridized carbons (Fsp3) is 0.273. The molecule has 0 saturated heterocycles. The third kappa shape index (κ3) is 1.25. The van der Waals surface area contributed by atoms with Gasteiger partial charge in [-0.15, -0.1) is 0 Å². The van der Waals surface area contributed by atoms with Crippen molar-refractivity contribution in [1.29, 1.82) is 5.26 Å². The van der Waals surface area contributed by atoms with Crippen LogP contribution in [0.4, 0.5) is 0 Å². The SMILES string of the molecule is CC(C)c1ccn2cc(C#N)cnc12. The Morgan fingerprint density at radius 2 is 2.29 bits per heavy atom. The van der Waals surface area contributed by atoms with Crippen LogP contribution in [-0.4, -0.2) is 9.38 Å². The van der Waals surface area contributed by atoms with Crippen LogP contribution < -0.4 is 0 Å². The van der Waals surface area contributed by atoms with Crippen LogP contribution in [-0.2, 0) is 0 Å². The van der Waals surface area contributed by atoms with Crippen LogP contribution in [0.25, 0.3) is 5.65 Å². The van der Waals surface area contributed by atoms with Crippen LogP contribution in [0.15, 0.2) is 24.7 Å². The molecule has 0 aliphatic rings. The lowest BCUT2D eigenvalue weighted by atomic mass is 10.1. The van der Waals surface area contributed by atoms with Gasteiger partial charge in [0.1, 0.15) is 11.7 Å². The maximum atomic E-state index is 8.71. The fourth-order valence-electron chi connectivity index (χ4n) is 1.52. The highest BCUT2D eigenvalue weighted by Gasteiger charge is 2.07. The highest BCUT2D eigenvalue weighted by Crippen LogP contribution is 2.19. The first-order valence-electron chi connectivity index (χ1n) is 4.59. The zero-order chi connectivity index (χ0) is 10.1. The lowest BCUT2D eigenvalue weighted by Gasteiger charge is -2.02. The van der Waals surface area contributed by atoms with Crippen LogP contribution in [0.3, 0.4) is 0 Å². The van der Waals surface area contributed by atoms with E-state index < -0.39 is 0 Å². The Hall–Kier alpha value is -1.82. The number of hydrogen-bond donors (Lipinski definition) is 0. The van der Waals surface area contributed by atoms with Gasteiger partial charge in [-0.05, 0) is 17.5 Å². The molecule has 2 aromatic heterocycles. The molecule has 14 heavy (non-hydrogen) atoms. The smallest absolute Gasteiger partial charge is 0.140 e. The summed E-state index contributed by atoms with van der Waals surface area (Å²) >= 11 is 0. The summed E-state index contributed by atoms with van der Waals surface area (Å²) in [5.74, 6) is 0.459. The second-order valence-corrected chi connectivity index (χ2v) is 3.61. The van der Waals surface area contributed by atoms with E-state index in [0.717, 1.165) is 5.65 Å². The highest BCUT2D eigenvalue weighted by atomic mass is 15.0. The summed E-state index contributed by atoms with van der Waals surface area (Å²) in [7, 11) is 0. The second-order valence-electron chi connectivity index (χ2n) is 3.61. The van der Waals surface area contributed by atoms with E-state index in [1.165, 1.54) is 5.56 Å². The molecular weight excluding hydrogens is 174 g/mol. The van der Waals surface area contributed by atoms with E-state index in [1.807, 2.05) is 16.7 Å². The van der Waals surface area contributed by atoms with Crippen LogP contribution in [0.1, 0.15) is 30.9 Å². The van der Waals surface area contributed by atoms with Gasteiger partial charge < -0.3 is 4.40 Å². The number of rotatable bonds is 1. The van der Waals surface area contributed by atoms with Crippen molar-refractivity contribution in [3.05, 3.63) is 35.8 Å². The van der Waals surface area contributed by atoms with Gasteiger partial charge in [0.05, 0.1) is 5.56 Å². The zero-order valence-corrected chi connectivity index (χ0v) is 8.23. The van der Waals surface area contributed by atoms with Gasteiger partial charge in [-0.3, -0.25) is 0 Å². The fourth-order valence-corrected chi connectivity index (χ4v) is 1.52. The molecule has 0 N–H and O–H groups in total. The number of aromatic nitrogens is 2. The summed E-state index contributed by atoms with van der Waals surface area (Å²) < 4.78 is 1.90. The second kappa shape index (κ2) is 3.15. The molecule has 3 nitrogen and oxygen atoms in total. The Bertz CT molecular complexity index is 503. The summed E-state index contributed by atoms with van der Waals surface area (Å²) in [5, 5.41) is 8.71. The van der Waals surface area contributed by atoms with Gasteiger partial charge in [0.25, 0.3) is 0 Å². The van der Waals surface area contributed by atoms with Crippen molar-refractivity contribution >= 4 is 5.65 Å². The molecule has 2 aromatic rings. The van der Waals surface area contributed by atoms with Crippen molar-refractivity contribution in [2.24, 2.45) is 0 Å². The average Bonchev–Trinajstić information content (AvgIpc) is 2.59. The summed E-state index contributed by atoms with van der Waals surface area (Å²) in [4.78, 5) is 4.27. The molecule has 0 spiro atoms. The molecule has 70 valence electrons. The summed E-state index contributed by atoms with van der Waals surface area (Å²) in [6.45, 7) is 4.27. The van der Waals surface area contributed by atoms with Gasteiger partial charge in [-0.25, -0.2) is 4.98 Å². The van der Waals surface area contributed by atoms with Crippen molar-refractivity contribution < 1.29 is 0 Å². The molecule has 0 amide bonds. The molecule has 0 unspecified atom stereocenters. The molecule has 0 bridgehead atoms. The topological polar surface area (TPSA) is 41.1 Å². The predicted molar refractivity (Wildman–Crippen MR) is 54.0 cm³/mol. The first kappa shape index (κ1) is 8.76. The van der Waals surface area contributed by atoms with Crippen LogP contribution in [0.2, 0.25) is 0 Å². The first-order valence-corrected chi connectivity index (χ1v) is 4.59. The van der Waals surface area contributed by atoms with E-state index in [9.17, 15) is 0 Å². The molecule has 2 rings (SSSR count). The van der Waals surface area contributed by atoms with E-state index in [-0.39, 0.29) is 0 Å². The van der Waals surface area contributed by atoms with Gasteiger partial charge in [-0.1, -0.05) is 13.8 Å². The van der Waals surface area contributed by atoms with Crippen LogP contribution in [0.5, 0.6) is 0 Å².